The van der Waals surface area contributed by atoms with Gasteiger partial charge in [0.15, 0.2) is 11.6 Å². The second-order valence-electron chi connectivity index (χ2n) is 7.08. The van der Waals surface area contributed by atoms with Gasteiger partial charge in [0.25, 0.3) is 0 Å². The minimum Gasteiger partial charge on any atom is -0.279 e. The summed E-state index contributed by atoms with van der Waals surface area (Å²) in [5.74, 6) is -2.70. The number of imide groups is 1. The summed E-state index contributed by atoms with van der Waals surface area (Å²) in [5.41, 5.74) is 0. The number of amides is 2. The third-order valence-corrected chi connectivity index (χ3v) is 7.56. The first-order valence-electron chi connectivity index (χ1n) is 8.62. The van der Waals surface area contributed by atoms with Gasteiger partial charge < -0.3 is 0 Å². The lowest BCUT2D eigenvalue weighted by Crippen LogP contribution is -2.53. The smallest absolute Gasteiger partial charge is 0.243 e. The van der Waals surface area contributed by atoms with Crippen molar-refractivity contribution in [2.45, 2.75) is 61.5 Å². The van der Waals surface area contributed by atoms with Gasteiger partial charge in [0.1, 0.15) is 0 Å². The third kappa shape index (κ3) is 2.64. The van der Waals surface area contributed by atoms with Crippen LogP contribution in [-0.2, 0) is 19.6 Å². The average Bonchev–Trinajstić information content (AvgIpc) is 3.07. The van der Waals surface area contributed by atoms with E-state index < -0.39 is 21.7 Å². The number of rotatable bonds is 3. The van der Waals surface area contributed by atoms with Crippen LogP contribution >= 0.6 is 0 Å². The van der Waals surface area contributed by atoms with Crippen LogP contribution in [0.4, 0.5) is 8.78 Å². The monoisotopic (exact) mass is 384 g/mol. The second kappa shape index (κ2) is 6.09. The molecule has 3 saturated heterocycles. The van der Waals surface area contributed by atoms with Crippen molar-refractivity contribution in [3.63, 3.8) is 0 Å². The molecule has 140 valence electrons. The highest BCUT2D eigenvalue weighted by atomic mass is 32.2. The fourth-order valence-corrected chi connectivity index (χ4v) is 6.37. The summed E-state index contributed by atoms with van der Waals surface area (Å²) in [4.78, 5) is 25.0. The van der Waals surface area contributed by atoms with E-state index in [1.54, 1.807) is 0 Å². The number of hydrogen-bond acceptors (Lipinski definition) is 4. The van der Waals surface area contributed by atoms with Crippen molar-refractivity contribution in [3.8, 4) is 0 Å². The summed E-state index contributed by atoms with van der Waals surface area (Å²) in [7, 11) is -3.97. The Hall–Kier alpha value is -1.87. The van der Waals surface area contributed by atoms with Crippen molar-refractivity contribution in [2.24, 2.45) is 0 Å². The molecule has 1 aromatic rings. The van der Waals surface area contributed by atoms with Crippen LogP contribution in [0.2, 0.25) is 0 Å². The number of halogens is 2. The van der Waals surface area contributed by atoms with Crippen molar-refractivity contribution < 1.29 is 26.8 Å². The normalized spacial score (nSPS) is 29.6. The predicted octanol–water partition coefficient (Wildman–Crippen LogP) is 1.80. The van der Waals surface area contributed by atoms with E-state index in [-0.39, 0.29) is 47.7 Å². The molecule has 2 atom stereocenters. The Morgan fingerprint density at radius 1 is 0.885 bits per heavy atom. The molecule has 2 unspecified atom stereocenters. The molecule has 0 aromatic heterocycles. The minimum atomic E-state index is -3.97. The van der Waals surface area contributed by atoms with Crippen molar-refractivity contribution >= 4 is 21.8 Å². The Morgan fingerprint density at radius 2 is 1.46 bits per heavy atom. The van der Waals surface area contributed by atoms with Crippen LogP contribution < -0.4 is 0 Å². The van der Waals surface area contributed by atoms with E-state index in [0.29, 0.717) is 31.7 Å². The number of carbonyl (C=O) groups is 2. The molecular formula is C17H18F2N2O4S. The van der Waals surface area contributed by atoms with E-state index in [2.05, 4.69) is 0 Å². The summed E-state index contributed by atoms with van der Waals surface area (Å²) < 4.78 is 53.9. The van der Waals surface area contributed by atoms with E-state index >= 15 is 0 Å². The fraction of sp³-hybridized carbons (Fsp3) is 0.529. The zero-order valence-electron chi connectivity index (χ0n) is 13.9. The highest BCUT2D eigenvalue weighted by molar-refractivity contribution is 7.89. The Labute approximate surface area is 149 Å². The fourth-order valence-electron chi connectivity index (χ4n) is 4.47. The van der Waals surface area contributed by atoms with E-state index in [0.717, 1.165) is 12.1 Å². The highest BCUT2D eigenvalue weighted by Gasteiger charge is 2.50. The first-order chi connectivity index (χ1) is 12.3. The van der Waals surface area contributed by atoms with Crippen molar-refractivity contribution in [2.75, 3.05) is 0 Å². The lowest BCUT2D eigenvalue weighted by Gasteiger charge is -2.40. The van der Waals surface area contributed by atoms with Gasteiger partial charge in [0.2, 0.25) is 21.8 Å². The molecule has 2 bridgehead atoms. The van der Waals surface area contributed by atoms with Crippen LogP contribution in [0.5, 0.6) is 0 Å². The SMILES string of the molecule is O=C1CCC(=O)N1C1CC2CCC(C1)N2S(=O)(=O)c1ccc(F)c(F)c1. The van der Waals surface area contributed by atoms with Crippen LogP contribution in [-0.4, -0.2) is 47.6 Å². The average molecular weight is 384 g/mol. The number of likely N-dealkylation sites (tertiary alicyclic amines) is 1. The van der Waals surface area contributed by atoms with E-state index in [1.807, 2.05) is 0 Å². The van der Waals surface area contributed by atoms with Gasteiger partial charge in [-0.2, -0.15) is 4.31 Å². The summed E-state index contributed by atoms with van der Waals surface area (Å²) in [6, 6.07) is 1.58. The van der Waals surface area contributed by atoms with E-state index in [1.165, 1.54) is 9.21 Å². The Balaban J connectivity index is 1.61. The molecule has 9 heteroatoms. The summed E-state index contributed by atoms with van der Waals surface area (Å²) in [6.45, 7) is 0. The van der Waals surface area contributed by atoms with Gasteiger partial charge in [-0.25, -0.2) is 17.2 Å². The molecule has 26 heavy (non-hydrogen) atoms. The molecule has 0 saturated carbocycles. The number of hydrogen-bond donors (Lipinski definition) is 0. The molecule has 4 rings (SSSR count). The number of sulfonamides is 1. The molecule has 3 aliphatic rings. The zero-order chi connectivity index (χ0) is 18.6. The number of fused-ring (bicyclic) bond motifs is 2. The van der Waals surface area contributed by atoms with Gasteiger partial charge >= 0.3 is 0 Å². The quantitative estimate of drug-likeness (QED) is 0.745. The molecule has 6 nitrogen and oxygen atoms in total. The number of piperidine rings is 1. The van der Waals surface area contributed by atoms with Crippen molar-refractivity contribution in [3.05, 3.63) is 29.8 Å². The Morgan fingerprint density at radius 3 is 2.00 bits per heavy atom. The molecule has 3 aliphatic heterocycles. The zero-order valence-corrected chi connectivity index (χ0v) is 14.7. The van der Waals surface area contributed by atoms with Gasteiger partial charge in [0, 0.05) is 31.0 Å². The van der Waals surface area contributed by atoms with Crippen LogP contribution in [0.3, 0.4) is 0 Å². The first-order valence-corrected chi connectivity index (χ1v) is 10.1. The molecule has 3 heterocycles. The topological polar surface area (TPSA) is 74.8 Å². The Bertz CT molecular complexity index is 859. The van der Waals surface area contributed by atoms with Gasteiger partial charge in [-0.3, -0.25) is 14.5 Å². The van der Waals surface area contributed by atoms with Crippen LogP contribution in [0, 0.1) is 11.6 Å². The van der Waals surface area contributed by atoms with Gasteiger partial charge in [-0.1, -0.05) is 0 Å². The molecule has 0 spiro atoms. The third-order valence-electron chi connectivity index (χ3n) is 5.56. The van der Waals surface area contributed by atoms with Crippen molar-refractivity contribution in [1.29, 1.82) is 0 Å². The molecular weight excluding hydrogens is 366 g/mol. The summed E-state index contributed by atoms with van der Waals surface area (Å²) in [5, 5.41) is 0. The maximum Gasteiger partial charge on any atom is 0.243 e. The van der Waals surface area contributed by atoms with Gasteiger partial charge in [-0.05, 0) is 43.9 Å². The van der Waals surface area contributed by atoms with Gasteiger partial charge in [0.05, 0.1) is 4.90 Å². The number of nitrogens with zero attached hydrogens (tertiary/aromatic N) is 2. The maximum absolute atomic E-state index is 13.5. The van der Waals surface area contributed by atoms with Crippen molar-refractivity contribution in [1.82, 2.24) is 9.21 Å². The van der Waals surface area contributed by atoms with Crippen LogP contribution in [0.25, 0.3) is 0 Å². The second-order valence-corrected chi connectivity index (χ2v) is 8.92. The molecule has 2 amide bonds. The summed E-state index contributed by atoms with van der Waals surface area (Å²) >= 11 is 0. The lowest BCUT2D eigenvalue weighted by molar-refractivity contribution is -0.142. The summed E-state index contributed by atoms with van der Waals surface area (Å²) in [6.07, 6.45) is 2.44. The highest BCUT2D eigenvalue weighted by Crippen LogP contribution is 2.42. The van der Waals surface area contributed by atoms with Crippen LogP contribution in [0.15, 0.2) is 23.1 Å². The van der Waals surface area contributed by atoms with E-state index in [9.17, 15) is 26.8 Å². The maximum atomic E-state index is 13.5. The number of benzene rings is 1. The molecule has 1 aromatic carbocycles. The van der Waals surface area contributed by atoms with Crippen LogP contribution in [0.1, 0.15) is 38.5 Å². The largest absolute Gasteiger partial charge is 0.279 e. The van der Waals surface area contributed by atoms with Gasteiger partial charge in [-0.15, -0.1) is 0 Å². The first kappa shape index (κ1) is 17.5. The minimum absolute atomic E-state index is 0.198. The predicted molar refractivity (Wildman–Crippen MR) is 86.3 cm³/mol. The standard InChI is InChI=1S/C17H18F2N2O4S/c18-14-4-3-13(9-15(14)19)26(24,25)21-10-1-2-11(21)8-12(7-10)20-16(22)5-6-17(20)23/h3-4,9-12H,1-2,5-8H2. The molecule has 0 radical (unpaired) electrons. The molecule has 0 N–H and O–H groups in total. The lowest BCUT2D eigenvalue weighted by atomic mass is 9.98. The van der Waals surface area contributed by atoms with E-state index in [4.69, 9.17) is 0 Å². The molecule has 3 fully saturated rings. The molecule has 0 aliphatic carbocycles. The Kier molecular flexibility index (Phi) is 4.11. The number of carbonyl (C=O) groups excluding carboxylic acids is 2.